The maximum Gasteiger partial charge on any atom is 0.318 e. The second-order valence-electron chi connectivity index (χ2n) is 8.27. The number of urea groups is 1. The van der Waals surface area contributed by atoms with E-state index in [-0.39, 0.29) is 42.9 Å². The first kappa shape index (κ1) is 25.0. The van der Waals surface area contributed by atoms with Crippen LogP contribution in [0.1, 0.15) is 36.8 Å². The number of nitrogens with one attached hydrogen (secondary N) is 1. The summed E-state index contributed by atoms with van der Waals surface area (Å²) in [5.74, 6) is -0.443. The highest BCUT2D eigenvalue weighted by Gasteiger charge is 2.33. The second-order valence-corrected chi connectivity index (χ2v) is 9.27. The highest BCUT2D eigenvalue weighted by Crippen LogP contribution is 2.34. The van der Waals surface area contributed by atoms with Gasteiger partial charge in [-0.2, -0.15) is 0 Å². The molecule has 180 valence electrons. The predicted octanol–water partition coefficient (Wildman–Crippen LogP) is 3.85. The summed E-state index contributed by atoms with van der Waals surface area (Å²) in [5.41, 5.74) is 1.02. The average molecular weight is 478 g/mol. The Bertz CT molecular complexity index is 936. The van der Waals surface area contributed by atoms with Crippen LogP contribution in [0.3, 0.4) is 0 Å². The number of para-hydroxylation sites is 1. The molecular formula is C24H32FN3O4S. The van der Waals surface area contributed by atoms with Crippen LogP contribution < -0.4 is 10.1 Å². The molecule has 3 amide bonds. The summed E-state index contributed by atoms with van der Waals surface area (Å²) in [6.45, 7) is 5.29. The number of carbonyl (C=O) groups is 2. The highest BCUT2D eigenvalue weighted by molar-refractivity contribution is 7.10. The van der Waals surface area contributed by atoms with Crippen molar-refractivity contribution in [3.8, 4) is 5.75 Å². The number of carbonyl (C=O) groups excluding carboxylic acids is 2. The monoisotopic (exact) mass is 477 g/mol. The van der Waals surface area contributed by atoms with E-state index in [1.807, 2.05) is 25.3 Å². The fourth-order valence-electron chi connectivity index (χ4n) is 3.85. The van der Waals surface area contributed by atoms with Gasteiger partial charge in [-0.3, -0.25) is 4.79 Å². The molecule has 1 aromatic carbocycles. The third-order valence-corrected chi connectivity index (χ3v) is 6.45. The van der Waals surface area contributed by atoms with E-state index < -0.39 is 5.82 Å². The quantitative estimate of drug-likeness (QED) is 0.528. The van der Waals surface area contributed by atoms with Crippen molar-refractivity contribution in [3.63, 3.8) is 0 Å². The molecule has 9 heteroatoms. The number of ether oxygens (including phenoxy) is 2. The molecular weight excluding hydrogens is 445 g/mol. The van der Waals surface area contributed by atoms with Crippen LogP contribution in [0.15, 0.2) is 35.7 Å². The number of rotatable bonds is 10. The summed E-state index contributed by atoms with van der Waals surface area (Å²) >= 11 is 1.65. The molecule has 2 heterocycles. The maximum absolute atomic E-state index is 14.1. The van der Waals surface area contributed by atoms with Gasteiger partial charge in [-0.15, -0.1) is 11.3 Å². The molecule has 1 aromatic heterocycles. The number of methoxy groups -OCH3 is 1. The molecule has 0 fully saturated rings. The molecule has 1 aliphatic rings. The smallest absolute Gasteiger partial charge is 0.318 e. The van der Waals surface area contributed by atoms with E-state index in [1.165, 1.54) is 15.8 Å². The van der Waals surface area contributed by atoms with Gasteiger partial charge in [-0.05, 0) is 55.8 Å². The van der Waals surface area contributed by atoms with Crippen LogP contribution in [-0.4, -0.2) is 67.7 Å². The van der Waals surface area contributed by atoms with Crippen molar-refractivity contribution in [2.45, 2.75) is 38.8 Å². The Morgan fingerprint density at radius 1 is 1.30 bits per heavy atom. The first-order valence-corrected chi connectivity index (χ1v) is 12.1. The van der Waals surface area contributed by atoms with E-state index in [0.29, 0.717) is 26.1 Å². The molecule has 0 saturated carbocycles. The molecule has 0 aliphatic carbocycles. The van der Waals surface area contributed by atoms with Gasteiger partial charge in [0.1, 0.15) is 13.2 Å². The van der Waals surface area contributed by atoms with Crippen molar-refractivity contribution in [3.05, 3.63) is 52.0 Å². The van der Waals surface area contributed by atoms with Gasteiger partial charge in [0, 0.05) is 37.7 Å². The number of hydrogen-bond donors (Lipinski definition) is 1. The number of fused-ring (bicyclic) bond motifs is 1. The van der Waals surface area contributed by atoms with Crippen LogP contribution in [0, 0.1) is 5.82 Å². The largest absolute Gasteiger partial charge is 0.488 e. The van der Waals surface area contributed by atoms with Crippen LogP contribution in [0.2, 0.25) is 0 Å². The SMILES string of the molecule is COCCCN(CC(=O)N1CCc2sccc2[C@@H]1COc1ccccc1F)C(=O)NC(C)C. The van der Waals surface area contributed by atoms with Crippen LogP contribution in [-0.2, 0) is 16.0 Å². The molecule has 3 rings (SSSR count). The zero-order valence-electron chi connectivity index (χ0n) is 19.4. The Kier molecular flexibility index (Phi) is 9.08. The Balaban J connectivity index is 1.75. The van der Waals surface area contributed by atoms with Gasteiger partial charge in [-0.1, -0.05) is 12.1 Å². The Labute approximate surface area is 198 Å². The van der Waals surface area contributed by atoms with Gasteiger partial charge in [0.2, 0.25) is 5.91 Å². The fraction of sp³-hybridized carbons (Fsp3) is 0.500. The number of thiophene rings is 1. The van der Waals surface area contributed by atoms with Crippen molar-refractivity contribution < 1.29 is 23.5 Å². The lowest BCUT2D eigenvalue weighted by molar-refractivity contribution is -0.135. The van der Waals surface area contributed by atoms with Gasteiger partial charge < -0.3 is 24.6 Å². The summed E-state index contributed by atoms with van der Waals surface area (Å²) in [6, 6.07) is 7.58. The Morgan fingerprint density at radius 2 is 2.09 bits per heavy atom. The van der Waals surface area contributed by atoms with Gasteiger partial charge in [-0.25, -0.2) is 9.18 Å². The summed E-state index contributed by atoms with van der Waals surface area (Å²) in [7, 11) is 1.61. The molecule has 7 nitrogen and oxygen atoms in total. The number of amides is 3. The summed E-state index contributed by atoms with van der Waals surface area (Å²) in [5, 5.41) is 4.87. The number of halogens is 1. The third kappa shape index (κ3) is 6.68. The van der Waals surface area contributed by atoms with Crippen molar-refractivity contribution in [1.82, 2.24) is 15.1 Å². The van der Waals surface area contributed by atoms with E-state index in [9.17, 15) is 14.0 Å². The van der Waals surface area contributed by atoms with Crippen molar-refractivity contribution in [2.75, 3.05) is 40.0 Å². The molecule has 2 aromatic rings. The molecule has 0 spiro atoms. The average Bonchev–Trinajstić information content (AvgIpc) is 3.26. The van der Waals surface area contributed by atoms with E-state index in [0.717, 1.165) is 12.0 Å². The number of benzene rings is 1. The maximum atomic E-state index is 14.1. The molecule has 0 unspecified atom stereocenters. The zero-order valence-corrected chi connectivity index (χ0v) is 20.2. The lowest BCUT2D eigenvalue weighted by Crippen LogP contribution is -2.51. The van der Waals surface area contributed by atoms with Crippen LogP contribution in [0.5, 0.6) is 5.75 Å². The second kappa shape index (κ2) is 12.0. The number of nitrogens with zero attached hydrogens (tertiary/aromatic N) is 2. The first-order chi connectivity index (χ1) is 15.9. The third-order valence-electron chi connectivity index (χ3n) is 5.45. The standard InChI is InChI=1S/C24H32FN3O4S/c1-17(2)26-24(30)27(11-6-13-31-3)15-23(29)28-12-9-22-18(10-14-33-22)20(28)16-32-21-8-5-4-7-19(21)25/h4-5,7-8,10,14,17,20H,6,9,11-13,15-16H2,1-3H3,(H,26,30)/t20-/m0/s1. The van der Waals surface area contributed by atoms with Gasteiger partial charge in [0.05, 0.1) is 6.04 Å². The Hall–Kier alpha value is -2.65. The minimum absolute atomic E-state index is 0.0391. The topological polar surface area (TPSA) is 71.1 Å². The van der Waals surface area contributed by atoms with Crippen LogP contribution >= 0.6 is 11.3 Å². The lowest BCUT2D eigenvalue weighted by atomic mass is 10.0. The van der Waals surface area contributed by atoms with Crippen LogP contribution in [0.25, 0.3) is 0 Å². The van der Waals surface area contributed by atoms with Crippen molar-refractivity contribution >= 4 is 23.3 Å². The molecule has 1 N–H and O–H groups in total. The van der Waals surface area contributed by atoms with Gasteiger partial charge in [0.15, 0.2) is 11.6 Å². The summed E-state index contributed by atoms with van der Waals surface area (Å²) in [6.07, 6.45) is 1.38. The van der Waals surface area contributed by atoms with E-state index in [1.54, 1.807) is 41.5 Å². The zero-order chi connectivity index (χ0) is 23.8. The molecule has 33 heavy (non-hydrogen) atoms. The van der Waals surface area contributed by atoms with E-state index >= 15 is 0 Å². The van der Waals surface area contributed by atoms with Crippen LogP contribution in [0.4, 0.5) is 9.18 Å². The molecule has 0 bridgehead atoms. The van der Waals surface area contributed by atoms with Gasteiger partial charge in [0.25, 0.3) is 0 Å². The van der Waals surface area contributed by atoms with E-state index in [4.69, 9.17) is 9.47 Å². The molecule has 0 saturated heterocycles. The Morgan fingerprint density at radius 3 is 2.82 bits per heavy atom. The summed E-state index contributed by atoms with van der Waals surface area (Å²) in [4.78, 5) is 30.6. The predicted molar refractivity (Wildman–Crippen MR) is 126 cm³/mol. The first-order valence-electron chi connectivity index (χ1n) is 11.2. The molecule has 1 atom stereocenters. The molecule has 0 radical (unpaired) electrons. The van der Waals surface area contributed by atoms with Gasteiger partial charge >= 0.3 is 6.03 Å². The minimum Gasteiger partial charge on any atom is -0.488 e. The minimum atomic E-state index is -0.439. The van der Waals surface area contributed by atoms with E-state index in [2.05, 4.69) is 5.32 Å². The fourth-order valence-corrected chi connectivity index (χ4v) is 4.78. The normalized spacial score (nSPS) is 15.3. The number of hydrogen-bond acceptors (Lipinski definition) is 5. The molecule has 1 aliphatic heterocycles. The van der Waals surface area contributed by atoms with Crippen molar-refractivity contribution in [2.24, 2.45) is 0 Å². The summed E-state index contributed by atoms with van der Waals surface area (Å²) < 4.78 is 25.0. The lowest BCUT2D eigenvalue weighted by Gasteiger charge is -2.37. The van der Waals surface area contributed by atoms with Crippen molar-refractivity contribution in [1.29, 1.82) is 0 Å². The highest BCUT2D eigenvalue weighted by atomic mass is 32.1.